The lowest BCUT2D eigenvalue weighted by atomic mass is 10.1. The topological polar surface area (TPSA) is 108 Å². The summed E-state index contributed by atoms with van der Waals surface area (Å²) in [5, 5.41) is 11.1. The van der Waals surface area contributed by atoms with E-state index in [9.17, 15) is 22.8 Å². The molecule has 1 rings (SSSR count). The summed E-state index contributed by atoms with van der Waals surface area (Å²) in [5.41, 5.74) is 3.45. The summed E-state index contributed by atoms with van der Waals surface area (Å²) in [6.07, 6.45) is -4.39. The highest BCUT2D eigenvalue weighted by molar-refractivity contribution is 5.98. The van der Waals surface area contributed by atoms with Crippen molar-refractivity contribution in [3.8, 4) is 0 Å². The molecule has 0 saturated heterocycles. The Balaban J connectivity index is 3.19. The van der Waals surface area contributed by atoms with Crippen LogP contribution >= 0.6 is 0 Å². The van der Waals surface area contributed by atoms with Crippen LogP contribution in [0.25, 0.3) is 0 Å². The minimum atomic E-state index is -4.67. The van der Waals surface area contributed by atoms with E-state index in [0.717, 1.165) is 12.6 Å². The first-order valence-electron chi connectivity index (χ1n) is 5.15. The number of hydrogen-bond acceptors (Lipinski definition) is 3. The van der Waals surface area contributed by atoms with Crippen molar-refractivity contribution in [3.63, 3.8) is 0 Å². The van der Waals surface area contributed by atoms with Crippen molar-refractivity contribution in [1.82, 2.24) is 5.32 Å². The Morgan fingerprint density at radius 2 is 1.95 bits per heavy atom. The third-order valence-electron chi connectivity index (χ3n) is 2.08. The van der Waals surface area contributed by atoms with Crippen molar-refractivity contribution in [2.24, 2.45) is 5.73 Å². The molecule has 0 bridgehead atoms. The van der Waals surface area contributed by atoms with E-state index in [-0.39, 0.29) is 17.5 Å². The zero-order valence-electron chi connectivity index (χ0n) is 9.91. The Bertz CT molecular complexity index is 543. The summed E-state index contributed by atoms with van der Waals surface area (Å²) in [6, 6.07) is 2.41. The van der Waals surface area contributed by atoms with E-state index in [1.807, 2.05) is 5.32 Å². The zero-order chi connectivity index (χ0) is 15.3. The largest absolute Gasteiger partial charge is 0.416 e. The van der Waals surface area contributed by atoms with Crippen LogP contribution in [0.2, 0.25) is 0 Å². The van der Waals surface area contributed by atoms with E-state index in [1.54, 1.807) is 0 Å². The molecule has 1 aromatic carbocycles. The SMILES string of the molecule is N=C(N)Nc1cc(C(=O)N[CH]C=O)cc(C(F)(F)F)c1. The van der Waals surface area contributed by atoms with Gasteiger partial charge in [-0.2, -0.15) is 13.2 Å². The summed E-state index contributed by atoms with van der Waals surface area (Å²) in [7, 11) is 0. The number of alkyl halides is 3. The van der Waals surface area contributed by atoms with Crippen molar-refractivity contribution in [2.75, 3.05) is 5.32 Å². The number of aldehydes is 1. The monoisotopic (exact) mass is 287 g/mol. The molecule has 0 atom stereocenters. The number of hydrogen-bond donors (Lipinski definition) is 4. The molecule has 0 unspecified atom stereocenters. The van der Waals surface area contributed by atoms with Gasteiger partial charge in [-0.25, -0.2) is 0 Å². The third-order valence-corrected chi connectivity index (χ3v) is 2.08. The van der Waals surface area contributed by atoms with Gasteiger partial charge in [0.2, 0.25) is 0 Å². The molecule has 9 heteroatoms. The molecule has 1 aromatic rings. The Morgan fingerprint density at radius 1 is 1.30 bits per heavy atom. The van der Waals surface area contributed by atoms with Gasteiger partial charge < -0.3 is 21.2 Å². The minimum absolute atomic E-state index is 0.163. The quantitative estimate of drug-likeness (QED) is 0.378. The number of rotatable bonds is 4. The molecule has 0 fully saturated rings. The zero-order valence-corrected chi connectivity index (χ0v) is 9.91. The van der Waals surface area contributed by atoms with Gasteiger partial charge in [-0.15, -0.1) is 0 Å². The van der Waals surface area contributed by atoms with Crippen molar-refractivity contribution >= 4 is 23.8 Å². The summed E-state index contributed by atoms with van der Waals surface area (Å²) < 4.78 is 38.1. The minimum Gasteiger partial charge on any atom is -0.370 e. The van der Waals surface area contributed by atoms with Crippen LogP contribution in [0, 0.1) is 12.0 Å². The number of nitrogens with two attached hydrogens (primary N) is 1. The van der Waals surface area contributed by atoms with E-state index < -0.39 is 23.6 Å². The molecule has 5 N–H and O–H groups in total. The number of carbonyl (C=O) groups is 2. The van der Waals surface area contributed by atoms with Gasteiger partial charge >= 0.3 is 6.18 Å². The number of guanidine groups is 1. The van der Waals surface area contributed by atoms with Crippen molar-refractivity contribution in [2.45, 2.75) is 6.18 Å². The van der Waals surface area contributed by atoms with Gasteiger partial charge in [0.1, 0.15) is 12.8 Å². The predicted octanol–water partition coefficient (Wildman–Crippen LogP) is 1.10. The van der Waals surface area contributed by atoms with Crippen molar-refractivity contribution < 1.29 is 22.8 Å². The van der Waals surface area contributed by atoms with E-state index in [2.05, 4.69) is 5.32 Å². The second kappa shape index (κ2) is 6.04. The number of anilines is 1. The molecule has 0 aliphatic rings. The first kappa shape index (κ1) is 15.5. The maximum atomic E-state index is 12.7. The van der Waals surface area contributed by atoms with E-state index >= 15 is 0 Å². The number of amides is 1. The number of nitrogens with one attached hydrogen (secondary N) is 3. The normalized spacial score (nSPS) is 10.8. The molecule has 0 aliphatic carbocycles. The molecule has 0 heterocycles. The van der Waals surface area contributed by atoms with E-state index in [0.29, 0.717) is 12.1 Å². The summed E-state index contributed by atoms with van der Waals surface area (Å²) >= 11 is 0. The van der Waals surface area contributed by atoms with E-state index in [1.165, 1.54) is 0 Å². The third kappa shape index (κ3) is 4.26. The second-order valence-corrected chi connectivity index (χ2v) is 3.61. The Labute approximate surface area is 111 Å². The molecule has 0 saturated carbocycles. The fraction of sp³-hybridized carbons (Fsp3) is 0.0909. The maximum Gasteiger partial charge on any atom is 0.416 e. The number of benzene rings is 1. The number of carbonyl (C=O) groups excluding carboxylic acids is 2. The van der Waals surface area contributed by atoms with Crippen LogP contribution in [-0.4, -0.2) is 18.2 Å². The number of halogens is 3. The Hall–Kier alpha value is -2.58. The smallest absolute Gasteiger partial charge is 0.370 e. The van der Waals surface area contributed by atoms with Gasteiger partial charge in [0.05, 0.1) is 5.56 Å². The fourth-order valence-electron chi connectivity index (χ4n) is 1.34. The first-order valence-corrected chi connectivity index (χ1v) is 5.15. The average molecular weight is 287 g/mol. The summed E-state index contributed by atoms with van der Waals surface area (Å²) in [5.74, 6) is -1.47. The molecular formula is C11H10F3N4O2. The van der Waals surface area contributed by atoms with Crippen LogP contribution < -0.4 is 16.4 Å². The van der Waals surface area contributed by atoms with Crippen LogP contribution in [0.3, 0.4) is 0 Å². The van der Waals surface area contributed by atoms with Crippen LogP contribution in [0.1, 0.15) is 15.9 Å². The highest BCUT2D eigenvalue weighted by atomic mass is 19.4. The van der Waals surface area contributed by atoms with Crippen molar-refractivity contribution in [1.29, 1.82) is 5.41 Å². The van der Waals surface area contributed by atoms with E-state index in [4.69, 9.17) is 11.1 Å². The molecule has 20 heavy (non-hydrogen) atoms. The summed E-state index contributed by atoms with van der Waals surface area (Å²) in [4.78, 5) is 21.6. The van der Waals surface area contributed by atoms with Crippen LogP contribution in [-0.2, 0) is 11.0 Å². The predicted molar refractivity (Wildman–Crippen MR) is 64.8 cm³/mol. The lowest BCUT2D eigenvalue weighted by Gasteiger charge is -2.12. The second-order valence-electron chi connectivity index (χ2n) is 3.61. The van der Waals surface area contributed by atoms with Crippen LogP contribution in [0.5, 0.6) is 0 Å². The molecule has 1 amide bonds. The van der Waals surface area contributed by atoms with Gasteiger partial charge in [0, 0.05) is 11.3 Å². The van der Waals surface area contributed by atoms with Gasteiger partial charge in [0.15, 0.2) is 5.96 Å². The molecule has 6 nitrogen and oxygen atoms in total. The standard InChI is InChI=1S/C11H10F3N4O2/c12-11(13,14)7-3-6(9(20)17-1-2-19)4-8(5-7)18-10(15)16/h1-5H,(H,17,20)(H4,15,16,18). The molecule has 107 valence electrons. The Kier molecular flexibility index (Phi) is 4.68. The lowest BCUT2D eigenvalue weighted by molar-refractivity contribution is -0.137. The lowest BCUT2D eigenvalue weighted by Crippen LogP contribution is -2.24. The van der Waals surface area contributed by atoms with Gasteiger partial charge in [-0.3, -0.25) is 10.2 Å². The molecule has 0 spiro atoms. The summed E-state index contributed by atoms with van der Waals surface area (Å²) in [6.45, 7) is 0.751. The molecule has 1 radical (unpaired) electrons. The van der Waals surface area contributed by atoms with Gasteiger partial charge in [0.25, 0.3) is 5.91 Å². The molecular weight excluding hydrogens is 277 g/mol. The van der Waals surface area contributed by atoms with Crippen molar-refractivity contribution in [3.05, 3.63) is 35.9 Å². The molecule has 0 aromatic heterocycles. The molecule has 0 aliphatic heterocycles. The Morgan fingerprint density at radius 3 is 2.45 bits per heavy atom. The average Bonchev–Trinajstić information content (AvgIpc) is 2.33. The van der Waals surface area contributed by atoms with Crippen LogP contribution in [0.4, 0.5) is 18.9 Å². The highest BCUT2D eigenvalue weighted by Gasteiger charge is 2.31. The van der Waals surface area contributed by atoms with Gasteiger partial charge in [-0.1, -0.05) is 0 Å². The maximum absolute atomic E-state index is 12.7. The highest BCUT2D eigenvalue weighted by Crippen LogP contribution is 2.32. The van der Waals surface area contributed by atoms with Crippen LogP contribution in [0.15, 0.2) is 18.2 Å². The first-order chi connectivity index (χ1) is 9.24. The fourth-order valence-corrected chi connectivity index (χ4v) is 1.34. The van der Waals surface area contributed by atoms with Gasteiger partial charge in [-0.05, 0) is 18.2 Å².